The van der Waals surface area contributed by atoms with Gasteiger partial charge < -0.3 is 5.73 Å². The summed E-state index contributed by atoms with van der Waals surface area (Å²) >= 11 is 11.9. The van der Waals surface area contributed by atoms with Crippen molar-refractivity contribution < 1.29 is 8.78 Å². The predicted octanol–water partition coefficient (Wildman–Crippen LogP) is 4.51. The SMILES string of the molecule is NC(Cc1ccc(F)cc1Cl)c1cc(F)ccc1Cl. The van der Waals surface area contributed by atoms with Crippen LogP contribution in [0.2, 0.25) is 10.0 Å². The average molecular weight is 302 g/mol. The maximum atomic E-state index is 13.2. The van der Waals surface area contributed by atoms with Gasteiger partial charge in [0.2, 0.25) is 0 Å². The molecule has 19 heavy (non-hydrogen) atoms. The van der Waals surface area contributed by atoms with Crippen LogP contribution in [0.5, 0.6) is 0 Å². The molecule has 100 valence electrons. The van der Waals surface area contributed by atoms with Gasteiger partial charge >= 0.3 is 0 Å². The van der Waals surface area contributed by atoms with Crippen molar-refractivity contribution in [3.63, 3.8) is 0 Å². The maximum absolute atomic E-state index is 13.2. The predicted molar refractivity (Wildman–Crippen MR) is 73.5 cm³/mol. The average Bonchev–Trinajstić information content (AvgIpc) is 2.35. The molecule has 0 radical (unpaired) electrons. The van der Waals surface area contributed by atoms with Gasteiger partial charge in [-0.05, 0) is 47.9 Å². The highest BCUT2D eigenvalue weighted by Gasteiger charge is 2.14. The number of halogens is 4. The van der Waals surface area contributed by atoms with Gasteiger partial charge in [0.1, 0.15) is 11.6 Å². The molecule has 0 aliphatic carbocycles. The summed E-state index contributed by atoms with van der Waals surface area (Å²) in [6, 6.07) is 7.60. The fourth-order valence-electron chi connectivity index (χ4n) is 1.83. The largest absolute Gasteiger partial charge is 0.324 e. The van der Waals surface area contributed by atoms with Crippen LogP contribution in [0.3, 0.4) is 0 Å². The molecule has 5 heteroatoms. The van der Waals surface area contributed by atoms with Crippen LogP contribution in [0.25, 0.3) is 0 Å². The number of benzene rings is 2. The number of hydrogen-bond acceptors (Lipinski definition) is 1. The Kier molecular flexibility index (Phi) is 4.40. The number of hydrogen-bond donors (Lipinski definition) is 1. The summed E-state index contributed by atoms with van der Waals surface area (Å²) in [4.78, 5) is 0. The molecule has 2 aromatic rings. The third-order valence-corrected chi connectivity index (χ3v) is 3.51. The minimum absolute atomic E-state index is 0.294. The molecule has 1 nitrogen and oxygen atoms in total. The van der Waals surface area contributed by atoms with E-state index in [0.717, 1.165) is 0 Å². The lowest BCUT2D eigenvalue weighted by Gasteiger charge is -2.15. The molecule has 0 saturated heterocycles. The Hall–Kier alpha value is -1.16. The minimum atomic E-state index is -0.508. The van der Waals surface area contributed by atoms with Crippen molar-refractivity contribution in [1.29, 1.82) is 0 Å². The molecule has 0 aliphatic rings. The first kappa shape index (κ1) is 14.3. The van der Waals surface area contributed by atoms with E-state index < -0.39 is 17.7 Å². The maximum Gasteiger partial charge on any atom is 0.124 e. The van der Waals surface area contributed by atoms with Gasteiger partial charge in [0.15, 0.2) is 0 Å². The van der Waals surface area contributed by atoms with Crippen LogP contribution >= 0.6 is 23.2 Å². The van der Waals surface area contributed by atoms with Crippen LogP contribution in [0.4, 0.5) is 8.78 Å². The van der Waals surface area contributed by atoms with Crippen molar-refractivity contribution in [1.82, 2.24) is 0 Å². The summed E-state index contributed by atoms with van der Waals surface area (Å²) < 4.78 is 26.1. The molecule has 0 amide bonds. The summed E-state index contributed by atoms with van der Waals surface area (Å²) in [5.41, 5.74) is 7.19. The van der Waals surface area contributed by atoms with Crippen molar-refractivity contribution >= 4 is 23.2 Å². The van der Waals surface area contributed by atoms with E-state index in [4.69, 9.17) is 28.9 Å². The molecule has 2 N–H and O–H groups in total. The third-order valence-electron chi connectivity index (χ3n) is 2.81. The molecule has 0 bridgehead atoms. The summed E-state index contributed by atoms with van der Waals surface area (Å²) in [5, 5.41) is 0.690. The van der Waals surface area contributed by atoms with Crippen LogP contribution in [-0.4, -0.2) is 0 Å². The molecular weight excluding hydrogens is 291 g/mol. The molecule has 1 unspecified atom stereocenters. The van der Waals surface area contributed by atoms with E-state index in [1.165, 1.54) is 30.3 Å². The van der Waals surface area contributed by atoms with Crippen molar-refractivity contribution in [3.8, 4) is 0 Å². The molecule has 1 atom stereocenters. The van der Waals surface area contributed by atoms with Crippen LogP contribution in [0, 0.1) is 11.6 Å². The Morgan fingerprint density at radius 3 is 2.26 bits per heavy atom. The molecule has 0 spiro atoms. The molecule has 0 saturated carbocycles. The molecule has 0 aliphatic heterocycles. The highest BCUT2D eigenvalue weighted by atomic mass is 35.5. The quantitative estimate of drug-likeness (QED) is 0.886. The zero-order chi connectivity index (χ0) is 14.0. The Morgan fingerprint density at radius 2 is 1.58 bits per heavy atom. The monoisotopic (exact) mass is 301 g/mol. The first-order chi connectivity index (χ1) is 8.97. The Balaban J connectivity index is 2.25. The molecule has 0 fully saturated rings. The van der Waals surface area contributed by atoms with Gasteiger partial charge in [-0.3, -0.25) is 0 Å². The van der Waals surface area contributed by atoms with Crippen LogP contribution < -0.4 is 5.73 Å². The van der Waals surface area contributed by atoms with Crippen LogP contribution in [-0.2, 0) is 6.42 Å². The van der Waals surface area contributed by atoms with Crippen molar-refractivity contribution in [2.75, 3.05) is 0 Å². The second kappa shape index (κ2) is 5.87. The highest BCUT2D eigenvalue weighted by Crippen LogP contribution is 2.27. The lowest BCUT2D eigenvalue weighted by Crippen LogP contribution is -2.14. The fraction of sp³-hybridized carbons (Fsp3) is 0.143. The number of rotatable bonds is 3. The highest BCUT2D eigenvalue weighted by molar-refractivity contribution is 6.31. The normalized spacial score (nSPS) is 12.5. The molecule has 2 aromatic carbocycles. The summed E-state index contributed by atoms with van der Waals surface area (Å²) in [6.45, 7) is 0. The molecule has 2 rings (SSSR count). The zero-order valence-corrected chi connectivity index (χ0v) is 11.3. The molecule has 0 heterocycles. The smallest absolute Gasteiger partial charge is 0.124 e. The van der Waals surface area contributed by atoms with Gasteiger partial charge in [-0.1, -0.05) is 29.3 Å². The van der Waals surface area contributed by atoms with E-state index in [2.05, 4.69) is 0 Å². The first-order valence-electron chi connectivity index (χ1n) is 5.62. The minimum Gasteiger partial charge on any atom is -0.324 e. The van der Waals surface area contributed by atoms with Gasteiger partial charge in [0.05, 0.1) is 0 Å². The summed E-state index contributed by atoms with van der Waals surface area (Å²) in [6.07, 6.45) is 0.349. The van der Waals surface area contributed by atoms with Gasteiger partial charge in [0, 0.05) is 16.1 Å². The fourth-order valence-corrected chi connectivity index (χ4v) is 2.33. The van der Waals surface area contributed by atoms with E-state index in [1.54, 1.807) is 6.07 Å². The van der Waals surface area contributed by atoms with Crippen LogP contribution in [0.1, 0.15) is 17.2 Å². The zero-order valence-electron chi connectivity index (χ0n) is 9.84. The second-order valence-corrected chi connectivity index (χ2v) is 5.03. The summed E-state index contributed by atoms with van der Waals surface area (Å²) in [7, 11) is 0. The van der Waals surface area contributed by atoms with Crippen molar-refractivity contribution in [2.24, 2.45) is 5.73 Å². The lowest BCUT2D eigenvalue weighted by atomic mass is 9.99. The van der Waals surface area contributed by atoms with E-state index in [1.807, 2.05) is 0 Å². The Bertz CT molecular complexity index is 602. The lowest BCUT2D eigenvalue weighted by molar-refractivity contribution is 0.617. The van der Waals surface area contributed by atoms with E-state index >= 15 is 0 Å². The molecular formula is C14H11Cl2F2N. The van der Waals surface area contributed by atoms with E-state index in [0.29, 0.717) is 27.6 Å². The van der Waals surface area contributed by atoms with Gasteiger partial charge in [-0.2, -0.15) is 0 Å². The van der Waals surface area contributed by atoms with Gasteiger partial charge in [-0.15, -0.1) is 0 Å². The standard InChI is InChI=1S/C14H11Cl2F2N/c15-12-4-3-9(17)6-11(12)14(19)5-8-1-2-10(18)7-13(8)16/h1-4,6-7,14H,5,19H2. The van der Waals surface area contributed by atoms with Gasteiger partial charge in [-0.25, -0.2) is 8.78 Å². The Labute approximate surface area is 119 Å². The topological polar surface area (TPSA) is 26.0 Å². The van der Waals surface area contributed by atoms with Gasteiger partial charge in [0.25, 0.3) is 0 Å². The van der Waals surface area contributed by atoms with Crippen molar-refractivity contribution in [3.05, 3.63) is 69.2 Å². The molecule has 0 aromatic heterocycles. The Morgan fingerprint density at radius 1 is 0.947 bits per heavy atom. The summed E-state index contributed by atoms with van der Waals surface area (Å²) in [5.74, 6) is -0.814. The van der Waals surface area contributed by atoms with E-state index in [9.17, 15) is 8.78 Å². The van der Waals surface area contributed by atoms with Crippen LogP contribution in [0.15, 0.2) is 36.4 Å². The van der Waals surface area contributed by atoms with Crippen molar-refractivity contribution in [2.45, 2.75) is 12.5 Å². The number of nitrogens with two attached hydrogens (primary N) is 1. The first-order valence-corrected chi connectivity index (χ1v) is 6.37. The second-order valence-electron chi connectivity index (χ2n) is 4.21. The van der Waals surface area contributed by atoms with E-state index in [-0.39, 0.29) is 0 Å². The third kappa shape index (κ3) is 3.44.